The molecule has 5 aromatic rings. The highest BCUT2D eigenvalue weighted by atomic mass is 32.1. The Bertz CT molecular complexity index is 1720. The molecule has 0 radical (unpaired) electrons. The van der Waals surface area contributed by atoms with Gasteiger partial charge in [0.2, 0.25) is 0 Å². The molecule has 0 saturated heterocycles. The van der Waals surface area contributed by atoms with Gasteiger partial charge in [0.15, 0.2) is 16.3 Å². The van der Waals surface area contributed by atoms with E-state index in [2.05, 4.69) is 4.99 Å². The number of pyridine rings is 1. The number of benzene rings is 2. The first kappa shape index (κ1) is 23.4. The first-order valence-corrected chi connectivity index (χ1v) is 13.3. The lowest BCUT2D eigenvalue weighted by atomic mass is 10.1. The van der Waals surface area contributed by atoms with Crippen LogP contribution in [0.2, 0.25) is 0 Å². The maximum Gasteiger partial charge on any atom is 0.307 e. The van der Waals surface area contributed by atoms with Gasteiger partial charge in [0.25, 0.3) is 5.91 Å². The van der Waals surface area contributed by atoms with Gasteiger partial charge < -0.3 is 18.8 Å². The van der Waals surface area contributed by atoms with E-state index >= 15 is 0 Å². The van der Waals surface area contributed by atoms with Crippen molar-refractivity contribution in [3.8, 4) is 22.1 Å². The number of carbonyl (C=O) groups is 2. The van der Waals surface area contributed by atoms with Crippen molar-refractivity contribution in [1.82, 2.24) is 9.55 Å². The fraction of sp³-hybridized carbons (Fsp3) is 0.185. The fourth-order valence-corrected chi connectivity index (χ4v) is 6.01. The van der Waals surface area contributed by atoms with Crippen molar-refractivity contribution in [2.24, 2.45) is 4.99 Å². The zero-order valence-corrected chi connectivity index (χ0v) is 21.4. The first-order chi connectivity index (χ1) is 18.1. The lowest BCUT2D eigenvalue weighted by Crippen LogP contribution is -2.19. The third kappa shape index (κ3) is 4.49. The van der Waals surface area contributed by atoms with Crippen molar-refractivity contribution in [3.05, 3.63) is 70.3 Å². The molecule has 0 spiro atoms. The molecule has 0 N–H and O–H groups in total. The summed E-state index contributed by atoms with van der Waals surface area (Å²) in [5.41, 5.74) is 2.73. The summed E-state index contributed by atoms with van der Waals surface area (Å²) in [5.74, 6) is 0.551. The normalized spacial score (nSPS) is 13.3. The van der Waals surface area contributed by atoms with Gasteiger partial charge in [-0.05, 0) is 23.6 Å². The lowest BCUT2D eigenvalue weighted by Gasteiger charge is -2.18. The molecule has 8 nitrogen and oxygen atoms in total. The second-order valence-corrected chi connectivity index (χ2v) is 10.2. The summed E-state index contributed by atoms with van der Waals surface area (Å²) in [6, 6.07) is 17.0. The molecule has 10 heteroatoms. The number of ether oxygens (including phenoxy) is 3. The molecule has 186 valence electrons. The largest absolute Gasteiger partial charge is 0.486 e. The Morgan fingerprint density at radius 1 is 1.08 bits per heavy atom. The lowest BCUT2D eigenvalue weighted by molar-refractivity contribution is -0.140. The van der Waals surface area contributed by atoms with E-state index in [1.165, 1.54) is 18.4 Å². The van der Waals surface area contributed by atoms with Crippen molar-refractivity contribution >= 4 is 55.7 Å². The summed E-state index contributed by atoms with van der Waals surface area (Å²) in [5, 5.41) is 2.71. The average molecular weight is 532 g/mol. The molecule has 0 bridgehead atoms. The van der Waals surface area contributed by atoms with Crippen LogP contribution in [-0.4, -0.2) is 41.8 Å². The van der Waals surface area contributed by atoms with Crippen LogP contribution in [0.1, 0.15) is 16.8 Å². The highest BCUT2D eigenvalue weighted by molar-refractivity contribution is 7.16. The predicted molar refractivity (Wildman–Crippen MR) is 142 cm³/mol. The van der Waals surface area contributed by atoms with Crippen LogP contribution in [0.5, 0.6) is 11.5 Å². The zero-order valence-electron chi connectivity index (χ0n) is 19.8. The number of aryl methyl sites for hydroxylation is 1. The number of thiazole rings is 1. The smallest absolute Gasteiger partial charge is 0.307 e. The third-order valence-corrected chi connectivity index (χ3v) is 7.96. The van der Waals surface area contributed by atoms with Gasteiger partial charge in [-0.1, -0.05) is 35.6 Å². The highest BCUT2D eigenvalue weighted by Crippen LogP contribution is 2.36. The van der Waals surface area contributed by atoms with Crippen LogP contribution in [0.4, 0.5) is 0 Å². The molecule has 0 aliphatic carbocycles. The number of methoxy groups -OCH3 is 1. The average Bonchev–Trinajstić information content (AvgIpc) is 3.58. The Balaban J connectivity index is 1.51. The van der Waals surface area contributed by atoms with E-state index < -0.39 is 0 Å². The standard InChI is InChI=1S/C27H21N3O5S2/c1-33-25(31)8-9-30-20-14-21-22(35-11-10-34-21)15-24(20)37-27(30)29-26(32)17-13-19(23-7-4-12-36-23)28-18-6-3-2-5-16(17)18/h2-7,12-15H,8-11H2,1H3. The van der Waals surface area contributed by atoms with Crippen LogP contribution in [-0.2, 0) is 16.1 Å². The number of fused-ring (bicyclic) bond motifs is 3. The molecular formula is C27H21N3O5S2. The second-order valence-electron chi connectivity index (χ2n) is 8.29. The van der Waals surface area contributed by atoms with Gasteiger partial charge in [0.1, 0.15) is 13.2 Å². The van der Waals surface area contributed by atoms with E-state index in [0.29, 0.717) is 41.6 Å². The number of esters is 1. The summed E-state index contributed by atoms with van der Waals surface area (Å²) in [4.78, 5) is 36.4. The molecule has 2 aromatic carbocycles. The van der Waals surface area contributed by atoms with Gasteiger partial charge in [-0.25, -0.2) is 4.98 Å². The number of rotatable bonds is 5. The minimum Gasteiger partial charge on any atom is -0.486 e. The van der Waals surface area contributed by atoms with Gasteiger partial charge in [-0.3, -0.25) is 9.59 Å². The molecule has 1 aliphatic heterocycles. The molecule has 37 heavy (non-hydrogen) atoms. The number of para-hydroxylation sites is 1. The number of amides is 1. The minimum atomic E-state index is -0.382. The van der Waals surface area contributed by atoms with Gasteiger partial charge in [0.05, 0.1) is 45.4 Å². The minimum absolute atomic E-state index is 0.138. The van der Waals surface area contributed by atoms with Crippen molar-refractivity contribution in [2.75, 3.05) is 20.3 Å². The molecule has 0 saturated carbocycles. The Labute approximate surface area is 219 Å². The Hall–Kier alpha value is -4.02. The van der Waals surface area contributed by atoms with Gasteiger partial charge in [-0.15, -0.1) is 11.3 Å². The number of hydrogen-bond acceptors (Lipinski definition) is 8. The molecule has 6 rings (SSSR count). The Morgan fingerprint density at radius 2 is 1.89 bits per heavy atom. The summed E-state index contributed by atoms with van der Waals surface area (Å²) >= 11 is 2.92. The van der Waals surface area contributed by atoms with Crippen LogP contribution >= 0.6 is 22.7 Å². The molecule has 4 heterocycles. The fourth-order valence-electron chi connectivity index (χ4n) is 4.26. The molecule has 0 atom stereocenters. The maximum atomic E-state index is 13.7. The molecular weight excluding hydrogens is 510 g/mol. The summed E-state index contributed by atoms with van der Waals surface area (Å²) in [7, 11) is 1.36. The van der Waals surface area contributed by atoms with Crippen LogP contribution in [0, 0.1) is 0 Å². The van der Waals surface area contributed by atoms with Crippen molar-refractivity contribution in [3.63, 3.8) is 0 Å². The Morgan fingerprint density at radius 3 is 2.68 bits per heavy atom. The van der Waals surface area contributed by atoms with Crippen molar-refractivity contribution in [1.29, 1.82) is 0 Å². The number of aromatic nitrogens is 2. The maximum absolute atomic E-state index is 13.7. The second kappa shape index (κ2) is 9.79. The van der Waals surface area contributed by atoms with Crippen LogP contribution in [0.3, 0.4) is 0 Å². The van der Waals surface area contributed by atoms with E-state index in [1.807, 2.05) is 58.5 Å². The number of nitrogens with zero attached hydrogens (tertiary/aromatic N) is 3. The summed E-state index contributed by atoms with van der Waals surface area (Å²) in [6.07, 6.45) is 0.138. The van der Waals surface area contributed by atoms with Crippen molar-refractivity contribution < 1.29 is 23.8 Å². The SMILES string of the molecule is COC(=O)CCn1c(=NC(=O)c2cc(-c3cccs3)nc3ccccc23)sc2cc3c(cc21)OCCO3. The highest BCUT2D eigenvalue weighted by Gasteiger charge is 2.19. The topological polar surface area (TPSA) is 92.0 Å². The summed E-state index contributed by atoms with van der Waals surface area (Å²) < 4.78 is 19.1. The number of carbonyl (C=O) groups excluding carboxylic acids is 2. The molecule has 1 aliphatic rings. The van der Waals surface area contributed by atoms with Gasteiger partial charge in [0, 0.05) is 24.1 Å². The summed E-state index contributed by atoms with van der Waals surface area (Å²) in [6.45, 7) is 1.24. The molecule has 0 fully saturated rings. The molecule has 3 aromatic heterocycles. The van der Waals surface area contributed by atoms with Gasteiger partial charge >= 0.3 is 5.97 Å². The van der Waals surface area contributed by atoms with E-state index in [0.717, 1.165) is 31.7 Å². The van der Waals surface area contributed by atoms with Crippen LogP contribution in [0.25, 0.3) is 31.7 Å². The van der Waals surface area contributed by atoms with E-state index in [9.17, 15) is 9.59 Å². The van der Waals surface area contributed by atoms with E-state index in [4.69, 9.17) is 19.2 Å². The third-order valence-electron chi connectivity index (χ3n) is 6.03. The number of hydrogen-bond donors (Lipinski definition) is 0. The number of thiophene rings is 1. The molecule has 0 unspecified atom stereocenters. The zero-order chi connectivity index (χ0) is 25.4. The Kier molecular flexibility index (Phi) is 6.19. The first-order valence-electron chi connectivity index (χ1n) is 11.6. The monoisotopic (exact) mass is 531 g/mol. The predicted octanol–water partition coefficient (Wildman–Crippen LogP) is 5.05. The van der Waals surface area contributed by atoms with Crippen molar-refractivity contribution in [2.45, 2.75) is 13.0 Å². The molecule has 1 amide bonds. The van der Waals surface area contributed by atoms with E-state index in [-0.39, 0.29) is 18.3 Å². The quantitative estimate of drug-likeness (QED) is 0.295. The van der Waals surface area contributed by atoms with Crippen LogP contribution < -0.4 is 14.3 Å². The van der Waals surface area contributed by atoms with E-state index in [1.54, 1.807) is 17.4 Å². The van der Waals surface area contributed by atoms with Crippen LogP contribution in [0.15, 0.2) is 65.0 Å². The van der Waals surface area contributed by atoms with Gasteiger partial charge in [-0.2, -0.15) is 4.99 Å².